The molecule has 0 bridgehead atoms. The molecule has 0 amide bonds. The zero-order valence-corrected chi connectivity index (χ0v) is 11.9. The molecule has 0 unspecified atom stereocenters. The molecule has 4 nitrogen and oxygen atoms in total. The first-order valence-electron chi connectivity index (χ1n) is 6.10. The summed E-state index contributed by atoms with van der Waals surface area (Å²) >= 11 is 6.09. The van der Waals surface area contributed by atoms with Gasteiger partial charge < -0.3 is 4.74 Å². The Hall–Kier alpha value is -1.81. The Balaban J connectivity index is 2.34. The molecule has 1 aromatic carbocycles. The molecular weight excluding hydrogens is 262 g/mol. The minimum Gasteiger partial charge on any atom is -0.491 e. The predicted octanol–water partition coefficient (Wildman–Crippen LogP) is 3.88. The van der Waals surface area contributed by atoms with E-state index in [9.17, 15) is 0 Å². The monoisotopic (exact) mass is 277 g/mol. The van der Waals surface area contributed by atoms with E-state index in [-0.39, 0.29) is 6.10 Å². The molecule has 100 valence electrons. The second-order valence-corrected chi connectivity index (χ2v) is 4.81. The van der Waals surface area contributed by atoms with Crippen LogP contribution in [0, 0.1) is 0 Å². The first-order chi connectivity index (χ1) is 9.08. The molecule has 0 N–H and O–H groups in total. The van der Waals surface area contributed by atoms with Crippen LogP contribution in [0.2, 0.25) is 5.02 Å². The van der Waals surface area contributed by atoms with Crippen LogP contribution in [0.3, 0.4) is 0 Å². The molecule has 19 heavy (non-hydrogen) atoms. The van der Waals surface area contributed by atoms with Gasteiger partial charge in [-0.25, -0.2) is 9.67 Å². The number of ether oxygens (including phenoxy) is 1. The van der Waals surface area contributed by atoms with Gasteiger partial charge in [0.05, 0.1) is 6.10 Å². The van der Waals surface area contributed by atoms with Gasteiger partial charge in [0.15, 0.2) is 5.82 Å². The van der Waals surface area contributed by atoms with Crippen molar-refractivity contribution in [3.8, 4) is 17.1 Å². The van der Waals surface area contributed by atoms with Crippen molar-refractivity contribution in [3.63, 3.8) is 0 Å². The van der Waals surface area contributed by atoms with Crippen molar-refractivity contribution >= 4 is 17.8 Å². The third-order valence-electron chi connectivity index (χ3n) is 2.31. The average molecular weight is 278 g/mol. The fraction of sp³-hybridized carbons (Fsp3) is 0.286. The molecular formula is C14H16ClN3O. The van der Waals surface area contributed by atoms with E-state index in [0.717, 1.165) is 11.3 Å². The maximum absolute atomic E-state index is 6.09. The van der Waals surface area contributed by atoms with E-state index in [1.54, 1.807) is 17.1 Å². The van der Waals surface area contributed by atoms with E-state index in [0.29, 0.717) is 10.8 Å². The largest absolute Gasteiger partial charge is 0.491 e. The van der Waals surface area contributed by atoms with E-state index in [2.05, 4.69) is 10.1 Å². The van der Waals surface area contributed by atoms with Crippen molar-refractivity contribution in [1.82, 2.24) is 14.8 Å². The minimum absolute atomic E-state index is 0.0971. The third-order valence-corrected chi connectivity index (χ3v) is 2.53. The topological polar surface area (TPSA) is 39.9 Å². The predicted molar refractivity (Wildman–Crippen MR) is 77.2 cm³/mol. The van der Waals surface area contributed by atoms with Gasteiger partial charge in [-0.1, -0.05) is 17.7 Å². The zero-order chi connectivity index (χ0) is 13.8. The van der Waals surface area contributed by atoms with E-state index in [1.165, 1.54) is 0 Å². The Morgan fingerprint density at radius 3 is 2.79 bits per heavy atom. The van der Waals surface area contributed by atoms with Crippen LogP contribution in [-0.2, 0) is 0 Å². The first kappa shape index (κ1) is 13.6. The molecule has 2 aromatic rings. The number of aromatic nitrogens is 3. The lowest BCUT2D eigenvalue weighted by Gasteiger charge is -2.10. The summed E-state index contributed by atoms with van der Waals surface area (Å²) in [5.74, 6) is 1.34. The van der Waals surface area contributed by atoms with Crippen LogP contribution in [0.15, 0.2) is 30.6 Å². The maximum atomic E-state index is 6.09. The summed E-state index contributed by atoms with van der Waals surface area (Å²) in [5, 5.41) is 4.94. The van der Waals surface area contributed by atoms with Crippen molar-refractivity contribution in [3.05, 3.63) is 35.6 Å². The van der Waals surface area contributed by atoms with Crippen LogP contribution < -0.4 is 4.74 Å². The summed E-state index contributed by atoms with van der Waals surface area (Å²) in [6.45, 7) is 5.87. The SMILES string of the molecule is CC=Cn1cnc(-c2cc(Cl)cc(OC(C)C)c2)n1. The molecule has 0 aliphatic heterocycles. The van der Waals surface area contributed by atoms with Crippen LogP contribution in [0.25, 0.3) is 17.6 Å². The number of benzene rings is 1. The van der Waals surface area contributed by atoms with Gasteiger partial charge >= 0.3 is 0 Å². The fourth-order valence-electron chi connectivity index (χ4n) is 1.66. The normalized spacial score (nSPS) is 11.4. The van der Waals surface area contributed by atoms with Crippen molar-refractivity contribution in [2.45, 2.75) is 26.9 Å². The van der Waals surface area contributed by atoms with Gasteiger partial charge in [0.25, 0.3) is 0 Å². The number of halogens is 1. The standard InChI is InChI=1S/C14H16ClN3O/c1-4-5-18-9-16-14(17-18)11-6-12(15)8-13(7-11)19-10(2)3/h4-10H,1-3H3. The molecule has 0 aliphatic rings. The van der Waals surface area contributed by atoms with Crippen molar-refractivity contribution < 1.29 is 4.74 Å². The van der Waals surface area contributed by atoms with Crippen molar-refractivity contribution in [1.29, 1.82) is 0 Å². The average Bonchev–Trinajstić information content (AvgIpc) is 2.76. The first-order valence-corrected chi connectivity index (χ1v) is 6.48. The molecule has 0 atom stereocenters. The van der Waals surface area contributed by atoms with Crippen LogP contribution in [0.1, 0.15) is 20.8 Å². The molecule has 0 saturated carbocycles. The Kier molecular flexibility index (Phi) is 4.22. The number of hydrogen-bond donors (Lipinski definition) is 0. The van der Waals surface area contributed by atoms with Crippen LogP contribution in [0.4, 0.5) is 0 Å². The number of hydrogen-bond acceptors (Lipinski definition) is 3. The Morgan fingerprint density at radius 2 is 2.11 bits per heavy atom. The summed E-state index contributed by atoms with van der Waals surface area (Å²) in [6, 6.07) is 5.50. The van der Waals surface area contributed by atoms with Gasteiger partial charge in [0.2, 0.25) is 0 Å². The molecule has 1 heterocycles. The number of nitrogens with zero attached hydrogens (tertiary/aromatic N) is 3. The molecule has 2 rings (SSSR count). The van der Waals surface area contributed by atoms with E-state index < -0.39 is 0 Å². The van der Waals surface area contributed by atoms with Crippen LogP contribution in [-0.4, -0.2) is 20.9 Å². The van der Waals surface area contributed by atoms with Crippen molar-refractivity contribution in [2.75, 3.05) is 0 Å². The van der Waals surface area contributed by atoms with Crippen LogP contribution in [0.5, 0.6) is 5.75 Å². The zero-order valence-electron chi connectivity index (χ0n) is 11.2. The van der Waals surface area contributed by atoms with Gasteiger partial charge in [-0.05, 0) is 39.0 Å². The quantitative estimate of drug-likeness (QED) is 0.851. The number of allylic oxidation sites excluding steroid dienone is 1. The maximum Gasteiger partial charge on any atom is 0.181 e. The van der Waals surface area contributed by atoms with Gasteiger partial charge in [0, 0.05) is 16.8 Å². The highest BCUT2D eigenvalue weighted by molar-refractivity contribution is 6.31. The second-order valence-electron chi connectivity index (χ2n) is 4.37. The molecule has 0 aliphatic carbocycles. The molecule has 5 heteroatoms. The Bertz CT molecular complexity index is 590. The van der Waals surface area contributed by atoms with Crippen LogP contribution >= 0.6 is 11.6 Å². The summed E-state index contributed by atoms with van der Waals surface area (Å²) < 4.78 is 7.30. The lowest BCUT2D eigenvalue weighted by atomic mass is 10.2. The lowest BCUT2D eigenvalue weighted by molar-refractivity contribution is 0.242. The fourth-order valence-corrected chi connectivity index (χ4v) is 1.89. The minimum atomic E-state index is 0.0971. The Morgan fingerprint density at radius 1 is 1.32 bits per heavy atom. The van der Waals surface area contributed by atoms with Crippen molar-refractivity contribution in [2.24, 2.45) is 0 Å². The highest BCUT2D eigenvalue weighted by Gasteiger charge is 2.08. The van der Waals surface area contributed by atoms with E-state index in [1.807, 2.05) is 45.2 Å². The summed E-state index contributed by atoms with van der Waals surface area (Å²) in [6.07, 6.45) is 5.47. The van der Waals surface area contributed by atoms with Gasteiger partial charge in [-0.3, -0.25) is 0 Å². The van der Waals surface area contributed by atoms with Gasteiger partial charge in [0.1, 0.15) is 12.1 Å². The van der Waals surface area contributed by atoms with E-state index >= 15 is 0 Å². The molecule has 0 saturated heterocycles. The summed E-state index contributed by atoms with van der Waals surface area (Å²) in [5.41, 5.74) is 0.839. The van der Waals surface area contributed by atoms with Gasteiger partial charge in [-0.2, -0.15) is 0 Å². The summed E-state index contributed by atoms with van der Waals surface area (Å²) in [7, 11) is 0. The number of rotatable bonds is 4. The molecule has 0 spiro atoms. The highest BCUT2D eigenvalue weighted by atomic mass is 35.5. The second kappa shape index (κ2) is 5.89. The third kappa shape index (κ3) is 3.58. The molecule has 0 radical (unpaired) electrons. The summed E-state index contributed by atoms with van der Waals surface area (Å²) in [4.78, 5) is 4.25. The lowest BCUT2D eigenvalue weighted by Crippen LogP contribution is -2.05. The highest BCUT2D eigenvalue weighted by Crippen LogP contribution is 2.27. The van der Waals surface area contributed by atoms with Gasteiger partial charge in [-0.15, -0.1) is 5.10 Å². The van der Waals surface area contributed by atoms with E-state index in [4.69, 9.17) is 16.3 Å². The molecule has 1 aromatic heterocycles. The Labute approximate surface area is 117 Å². The molecule has 0 fully saturated rings. The smallest absolute Gasteiger partial charge is 0.181 e.